The lowest BCUT2D eigenvalue weighted by Gasteiger charge is -2.27. The standard InChI is InChI=1S/C23H24FN5OS/c1-14-13-16(15(2)26-14)22-21(19-9-5-6-11-25-19)28-23(31)29(22)12-10-20(30)27-18-8-4-3-7-17(18)24/h3-9,11,13,21-22,26H,10,12H2,1-2H3,(H,27,30)(H,28,31)/t21-,22-/m0/s1. The van der Waals surface area contributed by atoms with Gasteiger partial charge in [0.15, 0.2) is 5.11 Å². The summed E-state index contributed by atoms with van der Waals surface area (Å²) in [6.07, 6.45) is 1.93. The molecule has 3 N–H and O–H groups in total. The summed E-state index contributed by atoms with van der Waals surface area (Å²) in [7, 11) is 0. The van der Waals surface area contributed by atoms with Crippen molar-refractivity contribution in [3.05, 3.63) is 83.2 Å². The zero-order valence-corrected chi connectivity index (χ0v) is 18.2. The Morgan fingerprint density at radius 3 is 2.68 bits per heavy atom. The number of hydrogen-bond donors (Lipinski definition) is 3. The Morgan fingerprint density at radius 1 is 1.23 bits per heavy atom. The number of aryl methyl sites for hydroxylation is 2. The molecule has 1 amide bonds. The molecule has 1 saturated heterocycles. The van der Waals surface area contributed by atoms with Gasteiger partial charge in [-0.15, -0.1) is 0 Å². The van der Waals surface area contributed by atoms with Crippen molar-refractivity contribution in [2.24, 2.45) is 0 Å². The third kappa shape index (κ3) is 4.44. The first-order valence-corrected chi connectivity index (χ1v) is 10.5. The summed E-state index contributed by atoms with van der Waals surface area (Å²) in [6, 6.07) is 13.8. The second-order valence-electron chi connectivity index (χ2n) is 7.63. The molecule has 0 spiro atoms. The van der Waals surface area contributed by atoms with Gasteiger partial charge in [0, 0.05) is 30.6 Å². The third-order valence-corrected chi connectivity index (χ3v) is 5.79. The number of nitrogens with one attached hydrogen (secondary N) is 3. The Hall–Kier alpha value is -3.26. The lowest BCUT2D eigenvalue weighted by molar-refractivity contribution is -0.116. The van der Waals surface area contributed by atoms with Crippen LogP contribution in [0.2, 0.25) is 0 Å². The fourth-order valence-corrected chi connectivity index (χ4v) is 4.37. The van der Waals surface area contributed by atoms with Crippen LogP contribution in [0, 0.1) is 19.7 Å². The molecule has 0 radical (unpaired) electrons. The zero-order valence-electron chi connectivity index (χ0n) is 17.4. The number of carbonyl (C=O) groups excluding carboxylic acids is 1. The number of halogens is 1. The molecule has 4 rings (SSSR count). The van der Waals surface area contributed by atoms with E-state index < -0.39 is 5.82 Å². The molecule has 3 aromatic rings. The molecule has 1 aromatic carbocycles. The van der Waals surface area contributed by atoms with Gasteiger partial charge in [-0.2, -0.15) is 0 Å². The molecule has 0 aliphatic carbocycles. The number of aromatic amines is 1. The zero-order chi connectivity index (χ0) is 22.0. The first-order chi connectivity index (χ1) is 14.9. The Bertz CT molecular complexity index is 1100. The van der Waals surface area contributed by atoms with E-state index in [0.717, 1.165) is 22.6 Å². The minimum absolute atomic E-state index is 0.117. The number of pyridine rings is 1. The van der Waals surface area contributed by atoms with Crippen molar-refractivity contribution in [1.29, 1.82) is 0 Å². The molecule has 160 valence electrons. The van der Waals surface area contributed by atoms with Crippen molar-refractivity contribution >= 4 is 28.9 Å². The van der Waals surface area contributed by atoms with Crippen molar-refractivity contribution in [1.82, 2.24) is 20.2 Å². The number of nitrogens with zero attached hydrogens (tertiary/aromatic N) is 2. The maximum Gasteiger partial charge on any atom is 0.226 e. The van der Waals surface area contributed by atoms with Gasteiger partial charge in [-0.3, -0.25) is 9.78 Å². The second-order valence-corrected chi connectivity index (χ2v) is 8.02. The topological polar surface area (TPSA) is 73.1 Å². The number of anilines is 1. The number of H-pyrrole nitrogens is 1. The van der Waals surface area contributed by atoms with Crippen LogP contribution in [0.4, 0.5) is 10.1 Å². The number of para-hydroxylation sites is 1. The van der Waals surface area contributed by atoms with Crippen LogP contribution >= 0.6 is 12.2 Å². The molecule has 8 heteroatoms. The van der Waals surface area contributed by atoms with Crippen LogP contribution in [0.25, 0.3) is 0 Å². The molecule has 1 aliphatic heterocycles. The fourth-order valence-electron chi connectivity index (χ4n) is 4.03. The van der Waals surface area contributed by atoms with E-state index in [1.165, 1.54) is 6.07 Å². The predicted octanol–water partition coefficient (Wildman–Crippen LogP) is 4.17. The maximum atomic E-state index is 13.9. The number of thiocarbonyl (C=S) groups is 1. The highest BCUT2D eigenvalue weighted by Crippen LogP contribution is 2.40. The predicted molar refractivity (Wildman–Crippen MR) is 122 cm³/mol. The van der Waals surface area contributed by atoms with Crippen LogP contribution in [0.1, 0.15) is 41.1 Å². The molecule has 0 saturated carbocycles. The van der Waals surface area contributed by atoms with Crippen LogP contribution in [-0.4, -0.2) is 32.4 Å². The first kappa shape index (κ1) is 21.0. The molecule has 31 heavy (non-hydrogen) atoms. The molecule has 2 aromatic heterocycles. The Kier molecular flexibility index (Phi) is 5.99. The monoisotopic (exact) mass is 437 g/mol. The largest absolute Gasteiger partial charge is 0.362 e. The van der Waals surface area contributed by atoms with Crippen LogP contribution in [0.3, 0.4) is 0 Å². The van der Waals surface area contributed by atoms with Gasteiger partial charge < -0.3 is 20.5 Å². The molecule has 1 aliphatic rings. The summed E-state index contributed by atoms with van der Waals surface area (Å²) in [5.41, 5.74) is 4.27. The number of rotatable bonds is 6. The lowest BCUT2D eigenvalue weighted by atomic mass is 9.96. The van der Waals surface area contributed by atoms with Crippen LogP contribution in [0.5, 0.6) is 0 Å². The van der Waals surface area contributed by atoms with E-state index in [1.807, 2.05) is 36.9 Å². The summed E-state index contributed by atoms with van der Waals surface area (Å²) in [5.74, 6) is -0.726. The Morgan fingerprint density at radius 2 is 2.00 bits per heavy atom. The van der Waals surface area contributed by atoms with Crippen molar-refractivity contribution in [2.75, 3.05) is 11.9 Å². The van der Waals surface area contributed by atoms with Gasteiger partial charge in [-0.25, -0.2) is 4.39 Å². The highest BCUT2D eigenvalue weighted by atomic mass is 32.1. The van der Waals surface area contributed by atoms with Crippen LogP contribution in [0.15, 0.2) is 54.7 Å². The molecule has 0 bridgehead atoms. The third-order valence-electron chi connectivity index (χ3n) is 5.43. The summed E-state index contributed by atoms with van der Waals surface area (Å²) in [4.78, 5) is 22.4. The van der Waals surface area contributed by atoms with Gasteiger partial charge in [0.25, 0.3) is 0 Å². The minimum atomic E-state index is -0.458. The summed E-state index contributed by atoms with van der Waals surface area (Å²) < 4.78 is 13.9. The fraction of sp³-hybridized carbons (Fsp3) is 0.261. The molecular formula is C23H24FN5OS. The van der Waals surface area contributed by atoms with Crippen LogP contribution in [-0.2, 0) is 4.79 Å². The minimum Gasteiger partial charge on any atom is -0.362 e. The molecule has 0 unspecified atom stereocenters. The van der Waals surface area contributed by atoms with Gasteiger partial charge in [0.05, 0.1) is 23.5 Å². The summed E-state index contributed by atoms with van der Waals surface area (Å²) in [6.45, 7) is 4.44. The highest BCUT2D eigenvalue weighted by molar-refractivity contribution is 7.80. The normalized spacial score (nSPS) is 18.2. The van der Waals surface area contributed by atoms with Gasteiger partial charge in [0.1, 0.15) is 5.82 Å². The number of aromatic nitrogens is 2. The van der Waals surface area contributed by atoms with E-state index in [0.29, 0.717) is 11.7 Å². The van der Waals surface area contributed by atoms with Gasteiger partial charge in [-0.1, -0.05) is 18.2 Å². The van der Waals surface area contributed by atoms with E-state index in [-0.39, 0.29) is 30.1 Å². The van der Waals surface area contributed by atoms with Crippen LogP contribution < -0.4 is 10.6 Å². The van der Waals surface area contributed by atoms with E-state index in [9.17, 15) is 9.18 Å². The quantitative estimate of drug-likeness (QED) is 0.505. The van der Waals surface area contributed by atoms with Crippen molar-refractivity contribution in [3.63, 3.8) is 0 Å². The molecular weight excluding hydrogens is 413 g/mol. The van der Waals surface area contributed by atoms with Crippen molar-refractivity contribution in [3.8, 4) is 0 Å². The number of benzene rings is 1. The molecule has 6 nitrogen and oxygen atoms in total. The van der Waals surface area contributed by atoms with Gasteiger partial charge >= 0.3 is 0 Å². The van der Waals surface area contributed by atoms with E-state index in [4.69, 9.17) is 12.2 Å². The lowest BCUT2D eigenvalue weighted by Crippen LogP contribution is -2.32. The average molecular weight is 438 g/mol. The van der Waals surface area contributed by atoms with E-state index >= 15 is 0 Å². The van der Waals surface area contributed by atoms with Gasteiger partial charge in [-0.05, 0) is 62.0 Å². The maximum absolute atomic E-state index is 13.9. The Labute approximate surface area is 185 Å². The van der Waals surface area contributed by atoms with Crippen molar-refractivity contribution in [2.45, 2.75) is 32.4 Å². The first-order valence-electron chi connectivity index (χ1n) is 10.1. The summed E-state index contributed by atoms with van der Waals surface area (Å²) >= 11 is 5.63. The number of carbonyl (C=O) groups is 1. The molecule has 1 fully saturated rings. The molecule has 3 heterocycles. The average Bonchev–Trinajstić information content (AvgIpc) is 3.26. The van der Waals surface area contributed by atoms with Gasteiger partial charge in [0.2, 0.25) is 5.91 Å². The van der Waals surface area contributed by atoms with Crippen molar-refractivity contribution < 1.29 is 9.18 Å². The SMILES string of the molecule is Cc1cc([C@H]2[C@H](c3ccccn3)NC(=S)N2CCC(=O)Nc2ccccc2F)c(C)[nH]1. The van der Waals surface area contributed by atoms with E-state index in [1.54, 1.807) is 24.4 Å². The highest BCUT2D eigenvalue weighted by Gasteiger charge is 2.40. The Balaban J connectivity index is 1.56. The smallest absolute Gasteiger partial charge is 0.226 e. The second kappa shape index (κ2) is 8.85. The van der Waals surface area contributed by atoms with E-state index in [2.05, 4.69) is 26.7 Å². The number of amides is 1. The summed E-state index contributed by atoms with van der Waals surface area (Å²) in [5, 5.41) is 6.58. The number of hydrogen-bond acceptors (Lipinski definition) is 3. The molecule has 2 atom stereocenters.